The summed E-state index contributed by atoms with van der Waals surface area (Å²) in [6.07, 6.45) is 0. The highest BCUT2D eigenvalue weighted by Crippen LogP contribution is 2.19. The summed E-state index contributed by atoms with van der Waals surface area (Å²) >= 11 is 0. The Labute approximate surface area is 88.4 Å². The Hall–Kier alpha value is -0.280. The van der Waals surface area contributed by atoms with Gasteiger partial charge in [-0.3, -0.25) is 0 Å². The Morgan fingerprint density at radius 3 is 1.93 bits per heavy atom. The molecule has 0 fully saturated rings. The van der Waals surface area contributed by atoms with Crippen LogP contribution in [-0.2, 0) is 24.2 Å². The molecule has 92 valence electrons. The second kappa shape index (κ2) is 6.33. The molecule has 0 saturated carbocycles. The molecule has 0 heterocycles. The summed E-state index contributed by atoms with van der Waals surface area (Å²) in [6.45, 7) is -0.992. The fourth-order valence-electron chi connectivity index (χ4n) is 1.07. The lowest BCUT2D eigenvalue weighted by Gasteiger charge is -2.28. The molecular weight excluding hydrogens is 231 g/mol. The molecule has 0 unspecified atom stereocenters. The van der Waals surface area contributed by atoms with Crippen molar-refractivity contribution in [1.29, 1.82) is 0 Å². The lowest BCUT2D eigenvalue weighted by Crippen LogP contribution is -2.40. The van der Waals surface area contributed by atoms with E-state index in [1.54, 1.807) is 0 Å². The van der Waals surface area contributed by atoms with E-state index in [-0.39, 0.29) is 13.2 Å². The van der Waals surface area contributed by atoms with Gasteiger partial charge in [-0.2, -0.15) is 8.42 Å². The Bertz CT molecular complexity index is 259. The molecule has 0 aliphatic rings. The molecule has 8 heteroatoms. The molecule has 0 spiro atoms. The Kier molecular flexibility index (Phi) is 6.22. The van der Waals surface area contributed by atoms with Crippen LogP contribution in [0.15, 0.2) is 0 Å². The van der Waals surface area contributed by atoms with Crippen LogP contribution >= 0.6 is 0 Å². The maximum Gasteiger partial charge on any atom is 0.437 e. The topological polar surface area (TPSA) is 82.1 Å². The van der Waals surface area contributed by atoms with Gasteiger partial charge in [0.2, 0.25) is 0 Å². The van der Waals surface area contributed by atoms with Crippen LogP contribution in [0.2, 0.25) is 0 Å². The van der Waals surface area contributed by atoms with Crippen molar-refractivity contribution < 1.29 is 31.1 Å². The molecule has 0 rings (SSSR count). The van der Waals surface area contributed by atoms with Crippen molar-refractivity contribution in [2.75, 3.05) is 40.6 Å². The first-order valence-electron chi connectivity index (χ1n) is 4.07. The van der Waals surface area contributed by atoms with Gasteiger partial charge in [0.15, 0.2) is 0 Å². The van der Waals surface area contributed by atoms with E-state index in [4.69, 9.17) is 14.6 Å². The van der Waals surface area contributed by atoms with Gasteiger partial charge >= 0.3 is 10.5 Å². The van der Waals surface area contributed by atoms with Crippen LogP contribution in [0.1, 0.15) is 0 Å². The smallest absolute Gasteiger partial charge is 0.396 e. The van der Waals surface area contributed by atoms with E-state index in [0.29, 0.717) is 0 Å². The zero-order valence-electron chi connectivity index (χ0n) is 8.60. The van der Waals surface area contributed by atoms with Gasteiger partial charge in [-0.25, -0.2) is 4.18 Å². The zero-order chi connectivity index (χ0) is 11.9. The first-order valence-corrected chi connectivity index (χ1v) is 5.38. The molecule has 0 aliphatic carbocycles. The normalized spacial score (nSPS) is 13.1. The third-order valence-corrected chi connectivity index (χ3v) is 2.14. The van der Waals surface area contributed by atoms with Crippen molar-refractivity contribution in [3.63, 3.8) is 0 Å². The number of hydrogen-bond donors (Lipinski definition) is 1. The van der Waals surface area contributed by atoms with E-state index in [1.165, 1.54) is 14.2 Å². The third-order valence-electron chi connectivity index (χ3n) is 1.74. The maximum absolute atomic E-state index is 12.1. The molecule has 6 nitrogen and oxygen atoms in total. The van der Waals surface area contributed by atoms with Crippen molar-refractivity contribution in [2.45, 2.75) is 0 Å². The summed E-state index contributed by atoms with van der Waals surface area (Å²) in [5.41, 5.74) is -1.08. The highest BCUT2D eigenvalue weighted by atomic mass is 32.3. The van der Waals surface area contributed by atoms with Gasteiger partial charge in [0.25, 0.3) is 0 Å². The van der Waals surface area contributed by atoms with Crippen LogP contribution in [0, 0.1) is 5.41 Å². The first kappa shape index (κ1) is 14.7. The number of halogens is 1. The average molecular weight is 246 g/mol. The molecule has 15 heavy (non-hydrogen) atoms. The van der Waals surface area contributed by atoms with Crippen molar-refractivity contribution in [3.8, 4) is 0 Å². The van der Waals surface area contributed by atoms with Crippen LogP contribution < -0.4 is 0 Å². The van der Waals surface area contributed by atoms with E-state index in [9.17, 15) is 12.3 Å². The third kappa shape index (κ3) is 6.00. The highest BCUT2D eigenvalue weighted by molar-refractivity contribution is 7.81. The van der Waals surface area contributed by atoms with Gasteiger partial charge in [0.1, 0.15) is 0 Å². The van der Waals surface area contributed by atoms with E-state index in [1.807, 2.05) is 0 Å². The summed E-state index contributed by atoms with van der Waals surface area (Å²) in [5, 5.41) is 9.08. The number of methoxy groups -OCH3 is 2. The van der Waals surface area contributed by atoms with Crippen LogP contribution in [0.5, 0.6) is 0 Å². The molecular formula is C7H15FO6S. The Morgan fingerprint density at radius 1 is 1.20 bits per heavy atom. The quantitative estimate of drug-likeness (QED) is 0.581. The fourth-order valence-corrected chi connectivity index (χ4v) is 1.46. The SMILES string of the molecule is COCC(CO)(COC)COS(=O)(=O)F. The molecule has 0 aromatic rings. The number of rotatable bonds is 8. The molecule has 1 N–H and O–H groups in total. The summed E-state index contributed by atoms with van der Waals surface area (Å²) in [7, 11) is -2.30. The van der Waals surface area contributed by atoms with E-state index in [0.717, 1.165) is 0 Å². The van der Waals surface area contributed by atoms with Gasteiger partial charge in [-0.1, -0.05) is 3.89 Å². The highest BCUT2D eigenvalue weighted by Gasteiger charge is 2.32. The van der Waals surface area contributed by atoms with Gasteiger partial charge < -0.3 is 14.6 Å². The maximum atomic E-state index is 12.1. The second-order valence-corrected chi connectivity index (χ2v) is 4.20. The summed E-state index contributed by atoms with van der Waals surface area (Å²) < 4.78 is 46.0. The lowest BCUT2D eigenvalue weighted by atomic mass is 9.92. The number of aliphatic hydroxyl groups is 1. The van der Waals surface area contributed by atoms with Crippen LogP contribution in [0.4, 0.5) is 3.89 Å². The molecule has 0 aromatic carbocycles. The zero-order valence-corrected chi connectivity index (χ0v) is 9.42. The van der Waals surface area contributed by atoms with Crippen LogP contribution in [0.3, 0.4) is 0 Å². The predicted molar refractivity (Wildman–Crippen MR) is 49.3 cm³/mol. The van der Waals surface area contributed by atoms with E-state index < -0.39 is 29.1 Å². The van der Waals surface area contributed by atoms with Crippen molar-refractivity contribution in [1.82, 2.24) is 0 Å². The van der Waals surface area contributed by atoms with Gasteiger partial charge in [-0.05, 0) is 0 Å². The molecule has 0 aromatic heterocycles. The molecule has 0 radical (unpaired) electrons. The minimum atomic E-state index is -5.03. The monoisotopic (exact) mass is 246 g/mol. The number of hydrogen-bond acceptors (Lipinski definition) is 6. The molecule has 0 bridgehead atoms. The van der Waals surface area contributed by atoms with Crippen molar-refractivity contribution in [2.24, 2.45) is 5.41 Å². The molecule has 0 amide bonds. The van der Waals surface area contributed by atoms with Gasteiger partial charge in [0.05, 0.1) is 31.8 Å². The summed E-state index contributed by atoms with van der Waals surface area (Å²) in [6, 6.07) is 0. The van der Waals surface area contributed by atoms with E-state index in [2.05, 4.69) is 4.18 Å². The largest absolute Gasteiger partial charge is 0.437 e. The fraction of sp³-hybridized carbons (Fsp3) is 1.00. The van der Waals surface area contributed by atoms with Gasteiger partial charge in [0, 0.05) is 14.2 Å². The summed E-state index contributed by atoms with van der Waals surface area (Å²) in [4.78, 5) is 0. The Morgan fingerprint density at radius 2 is 1.67 bits per heavy atom. The average Bonchev–Trinajstić information content (AvgIpc) is 2.14. The van der Waals surface area contributed by atoms with E-state index >= 15 is 0 Å². The molecule has 0 aliphatic heterocycles. The first-order chi connectivity index (χ1) is 6.89. The molecule has 0 atom stereocenters. The minimum Gasteiger partial charge on any atom is -0.396 e. The lowest BCUT2D eigenvalue weighted by molar-refractivity contribution is -0.0507. The standard InChI is InChI=1S/C7H15FO6S/c1-12-4-7(3-9,5-13-2)6-14-15(8,10)11/h9H,3-6H2,1-2H3. The van der Waals surface area contributed by atoms with Crippen LogP contribution in [-0.4, -0.2) is 54.2 Å². The summed E-state index contributed by atoms with van der Waals surface area (Å²) in [5.74, 6) is 0. The minimum absolute atomic E-state index is 0.00708. The molecule has 0 saturated heterocycles. The second-order valence-electron chi connectivity index (χ2n) is 3.18. The predicted octanol–water partition coefficient (Wildman–Crippen LogP) is -0.511. The van der Waals surface area contributed by atoms with Crippen molar-refractivity contribution >= 4 is 10.5 Å². The van der Waals surface area contributed by atoms with Crippen molar-refractivity contribution in [3.05, 3.63) is 0 Å². The van der Waals surface area contributed by atoms with Gasteiger partial charge in [-0.15, -0.1) is 0 Å². The number of ether oxygens (including phenoxy) is 2. The Balaban J connectivity index is 4.46. The number of aliphatic hydroxyl groups excluding tert-OH is 1. The van der Waals surface area contributed by atoms with Crippen LogP contribution in [0.25, 0.3) is 0 Å².